The standard InChI is InChI=1S/C22H32O2/c1-14(20(23)24)17-9-10-18-16-8-7-15-6-4-5-12-21(15,2)19(16)11-13-22(17,18)3/h5,7,12,14,16-19H,4,6,8-11,13H2,1-3H3,(H,23,24)/t14-,16-,17+,18-,19-,21-,22+/m0/s1. The summed E-state index contributed by atoms with van der Waals surface area (Å²) in [6, 6.07) is 0. The maximum absolute atomic E-state index is 11.6. The van der Waals surface area contributed by atoms with Gasteiger partial charge in [0.15, 0.2) is 0 Å². The molecule has 0 aromatic heterocycles. The predicted molar refractivity (Wildman–Crippen MR) is 96.5 cm³/mol. The minimum absolute atomic E-state index is 0.198. The number of carboxylic acids is 1. The van der Waals surface area contributed by atoms with Crippen LogP contribution in [0.3, 0.4) is 0 Å². The van der Waals surface area contributed by atoms with Gasteiger partial charge in [0.1, 0.15) is 0 Å². The number of rotatable bonds is 2. The van der Waals surface area contributed by atoms with Crippen LogP contribution in [-0.2, 0) is 4.79 Å². The molecule has 2 nitrogen and oxygen atoms in total. The highest BCUT2D eigenvalue weighted by Gasteiger charge is 2.59. The molecule has 0 amide bonds. The maximum atomic E-state index is 11.6. The maximum Gasteiger partial charge on any atom is 0.306 e. The molecule has 0 heterocycles. The van der Waals surface area contributed by atoms with Crippen LogP contribution in [0.5, 0.6) is 0 Å². The molecule has 0 radical (unpaired) electrons. The fraction of sp³-hybridized carbons (Fsp3) is 0.773. The highest BCUT2D eigenvalue weighted by molar-refractivity contribution is 5.70. The summed E-state index contributed by atoms with van der Waals surface area (Å²) in [4.78, 5) is 11.6. The first kappa shape index (κ1) is 16.4. The van der Waals surface area contributed by atoms with Crippen LogP contribution in [0.15, 0.2) is 23.8 Å². The van der Waals surface area contributed by atoms with Crippen molar-refractivity contribution in [1.82, 2.24) is 0 Å². The average molecular weight is 328 g/mol. The summed E-state index contributed by atoms with van der Waals surface area (Å²) in [5.74, 6) is 1.81. The van der Waals surface area contributed by atoms with Crippen LogP contribution in [0.2, 0.25) is 0 Å². The van der Waals surface area contributed by atoms with Gasteiger partial charge in [0.25, 0.3) is 0 Å². The molecule has 0 saturated heterocycles. The van der Waals surface area contributed by atoms with Crippen molar-refractivity contribution in [2.45, 2.75) is 65.7 Å². The van der Waals surface area contributed by atoms with Crippen molar-refractivity contribution in [1.29, 1.82) is 0 Å². The Bertz CT molecular complexity index is 603. The Kier molecular flexibility index (Phi) is 3.75. The zero-order valence-corrected chi connectivity index (χ0v) is 15.4. The van der Waals surface area contributed by atoms with Gasteiger partial charge in [-0.2, -0.15) is 0 Å². The number of fused-ring (bicyclic) bond motifs is 5. The van der Waals surface area contributed by atoms with Gasteiger partial charge in [0.2, 0.25) is 0 Å². The molecule has 0 aromatic carbocycles. The molecule has 0 aliphatic heterocycles. The minimum atomic E-state index is -0.600. The van der Waals surface area contributed by atoms with Crippen molar-refractivity contribution in [3.63, 3.8) is 0 Å². The molecule has 4 aliphatic carbocycles. The first-order valence-electron chi connectivity index (χ1n) is 9.98. The van der Waals surface area contributed by atoms with E-state index in [1.54, 1.807) is 5.57 Å². The van der Waals surface area contributed by atoms with E-state index < -0.39 is 5.97 Å². The number of hydrogen-bond donors (Lipinski definition) is 1. The van der Waals surface area contributed by atoms with E-state index in [0.29, 0.717) is 11.8 Å². The zero-order valence-electron chi connectivity index (χ0n) is 15.4. The fourth-order valence-corrected chi connectivity index (χ4v) is 7.30. The summed E-state index contributed by atoms with van der Waals surface area (Å²) < 4.78 is 0. The van der Waals surface area contributed by atoms with Gasteiger partial charge in [-0.25, -0.2) is 0 Å². The Morgan fingerprint density at radius 2 is 2.04 bits per heavy atom. The molecule has 1 N–H and O–H groups in total. The van der Waals surface area contributed by atoms with Crippen molar-refractivity contribution in [3.05, 3.63) is 23.8 Å². The lowest BCUT2D eigenvalue weighted by Gasteiger charge is -2.56. The molecule has 132 valence electrons. The zero-order chi connectivity index (χ0) is 17.1. The van der Waals surface area contributed by atoms with E-state index in [2.05, 4.69) is 32.1 Å². The second-order valence-corrected chi connectivity index (χ2v) is 9.42. The highest BCUT2D eigenvalue weighted by Crippen LogP contribution is 2.66. The van der Waals surface area contributed by atoms with E-state index in [4.69, 9.17) is 0 Å². The molecule has 7 atom stereocenters. The Morgan fingerprint density at radius 3 is 2.79 bits per heavy atom. The van der Waals surface area contributed by atoms with Crippen molar-refractivity contribution in [3.8, 4) is 0 Å². The molecule has 0 bridgehead atoms. The number of aliphatic carboxylic acids is 1. The molecule has 4 rings (SSSR count). The number of allylic oxidation sites excluding steroid dienone is 4. The van der Waals surface area contributed by atoms with Gasteiger partial charge < -0.3 is 5.11 Å². The fourth-order valence-electron chi connectivity index (χ4n) is 7.30. The molecule has 2 saturated carbocycles. The lowest BCUT2D eigenvalue weighted by Crippen LogP contribution is -2.49. The van der Waals surface area contributed by atoms with E-state index >= 15 is 0 Å². The molecule has 4 aliphatic rings. The Balaban J connectivity index is 1.66. The van der Waals surface area contributed by atoms with Gasteiger partial charge in [0, 0.05) is 5.41 Å². The van der Waals surface area contributed by atoms with Crippen molar-refractivity contribution in [2.24, 2.45) is 40.4 Å². The van der Waals surface area contributed by atoms with E-state index in [9.17, 15) is 9.90 Å². The van der Waals surface area contributed by atoms with Gasteiger partial charge in [-0.05, 0) is 74.0 Å². The first-order chi connectivity index (χ1) is 11.4. The molecular formula is C22H32O2. The van der Waals surface area contributed by atoms with Gasteiger partial charge in [-0.1, -0.05) is 44.6 Å². The summed E-state index contributed by atoms with van der Waals surface area (Å²) in [5, 5.41) is 9.56. The summed E-state index contributed by atoms with van der Waals surface area (Å²) in [6.07, 6.45) is 16.0. The number of carbonyl (C=O) groups is 1. The molecule has 0 unspecified atom stereocenters. The van der Waals surface area contributed by atoms with E-state index in [-0.39, 0.29) is 16.7 Å². The normalized spacial score (nSPS) is 48.0. The smallest absolute Gasteiger partial charge is 0.306 e. The molecule has 2 heteroatoms. The van der Waals surface area contributed by atoms with Gasteiger partial charge in [-0.3, -0.25) is 4.79 Å². The van der Waals surface area contributed by atoms with Crippen molar-refractivity contribution in [2.75, 3.05) is 0 Å². The van der Waals surface area contributed by atoms with E-state index in [1.165, 1.54) is 38.5 Å². The summed E-state index contributed by atoms with van der Waals surface area (Å²) in [5.41, 5.74) is 2.20. The molecular weight excluding hydrogens is 296 g/mol. The molecule has 24 heavy (non-hydrogen) atoms. The summed E-state index contributed by atoms with van der Waals surface area (Å²) >= 11 is 0. The van der Waals surface area contributed by atoms with Crippen LogP contribution in [-0.4, -0.2) is 11.1 Å². The second kappa shape index (κ2) is 5.47. The van der Waals surface area contributed by atoms with Crippen LogP contribution >= 0.6 is 0 Å². The Morgan fingerprint density at radius 1 is 1.25 bits per heavy atom. The third-order valence-corrected chi connectivity index (χ3v) is 8.65. The Hall–Kier alpha value is -1.05. The summed E-state index contributed by atoms with van der Waals surface area (Å²) in [7, 11) is 0. The lowest BCUT2D eigenvalue weighted by molar-refractivity contribution is -0.146. The quantitative estimate of drug-likeness (QED) is 0.684. The molecule has 2 fully saturated rings. The van der Waals surface area contributed by atoms with Crippen LogP contribution in [0, 0.1) is 40.4 Å². The number of carboxylic acid groups (broad SMARTS) is 1. The van der Waals surface area contributed by atoms with Crippen LogP contribution in [0.4, 0.5) is 0 Å². The van der Waals surface area contributed by atoms with Crippen molar-refractivity contribution >= 4 is 5.97 Å². The number of hydrogen-bond acceptors (Lipinski definition) is 1. The predicted octanol–water partition coefficient (Wildman–Crippen LogP) is 5.45. The van der Waals surface area contributed by atoms with Crippen LogP contribution < -0.4 is 0 Å². The SMILES string of the molecule is C[C@H](C(=O)O)[C@H]1CC[C@H]2[C@@H]3CC=C4CCC=C[C@]4(C)[C@H]3CC[C@]12C. The largest absolute Gasteiger partial charge is 0.481 e. The van der Waals surface area contributed by atoms with Crippen molar-refractivity contribution < 1.29 is 9.90 Å². The average Bonchev–Trinajstić information content (AvgIpc) is 2.90. The third kappa shape index (κ3) is 2.10. The van der Waals surface area contributed by atoms with Gasteiger partial charge >= 0.3 is 5.97 Å². The van der Waals surface area contributed by atoms with Crippen LogP contribution in [0.1, 0.15) is 65.7 Å². The summed E-state index contributed by atoms with van der Waals surface area (Å²) in [6.45, 7) is 6.83. The lowest BCUT2D eigenvalue weighted by atomic mass is 9.48. The minimum Gasteiger partial charge on any atom is -0.481 e. The molecule has 0 spiro atoms. The third-order valence-electron chi connectivity index (χ3n) is 8.65. The molecule has 0 aromatic rings. The topological polar surface area (TPSA) is 37.3 Å². The highest BCUT2D eigenvalue weighted by atomic mass is 16.4. The van der Waals surface area contributed by atoms with Gasteiger partial charge in [0.05, 0.1) is 5.92 Å². The Labute approximate surface area is 146 Å². The first-order valence-corrected chi connectivity index (χ1v) is 9.98. The van der Waals surface area contributed by atoms with E-state index in [1.807, 2.05) is 6.92 Å². The van der Waals surface area contributed by atoms with Crippen LogP contribution in [0.25, 0.3) is 0 Å². The second-order valence-electron chi connectivity index (χ2n) is 9.42. The monoisotopic (exact) mass is 328 g/mol. The van der Waals surface area contributed by atoms with Gasteiger partial charge in [-0.15, -0.1) is 0 Å². The van der Waals surface area contributed by atoms with E-state index in [0.717, 1.165) is 18.3 Å².